The van der Waals surface area contributed by atoms with Crippen molar-refractivity contribution in [1.29, 1.82) is 0 Å². The van der Waals surface area contributed by atoms with Crippen LogP contribution in [0, 0.1) is 17.3 Å². The molecule has 0 saturated carbocycles. The van der Waals surface area contributed by atoms with E-state index in [9.17, 15) is 0 Å². The lowest BCUT2D eigenvalue weighted by Crippen LogP contribution is -2.36. The highest BCUT2D eigenvalue weighted by Gasteiger charge is 2.24. The first-order chi connectivity index (χ1) is 9.47. The summed E-state index contributed by atoms with van der Waals surface area (Å²) in [6, 6.07) is 0. The maximum Gasteiger partial charge on any atom is 0.0491 e. The first kappa shape index (κ1) is 17.9. The van der Waals surface area contributed by atoms with Crippen molar-refractivity contribution in [3.05, 3.63) is 0 Å². The summed E-state index contributed by atoms with van der Waals surface area (Å²) in [4.78, 5) is 2.63. The molecule has 1 saturated heterocycles. The smallest absolute Gasteiger partial charge is 0.0491 e. The fraction of sp³-hybridized carbons (Fsp3) is 1.00. The Morgan fingerprint density at radius 2 is 1.85 bits per heavy atom. The summed E-state index contributed by atoms with van der Waals surface area (Å²) >= 11 is 0. The van der Waals surface area contributed by atoms with Crippen LogP contribution in [0.2, 0.25) is 0 Å². The average Bonchev–Trinajstić information content (AvgIpc) is 2.39. The highest BCUT2D eigenvalue weighted by atomic mass is 16.5. The Hall–Kier alpha value is -0.120. The third-order valence-corrected chi connectivity index (χ3v) is 4.88. The molecule has 0 aliphatic carbocycles. The zero-order chi connectivity index (χ0) is 15.0. The minimum absolute atomic E-state index is 0.394. The van der Waals surface area contributed by atoms with Gasteiger partial charge in [0.05, 0.1) is 0 Å². The predicted octanol–water partition coefficient (Wildman–Crippen LogP) is 3.14. The van der Waals surface area contributed by atoms with Crippen molar-refractivity contribution in [2.24, 2.45) is 23.0 Å². The fourth-order valence-electron chi connectivity index (χ4n) is 3.39. The highest BCUT2D eigenvalue weighted by molar-refractivity contribution is 4.76. The van der Waals surface area contributed by atoms with Crippen LogP contribution in [0.4, 0.5) is 0 Å². The molecular formula is C17H36N2O. The van der Waals surface area contributed by atoms with E-state index >= 15 is 0 Å². The summed E-state index contributed by atoms with van der Waals surface area (Å²) in [7, 11) is 1.82. The molecule has 1 aliphatic heterocycles. The second kappa shape index (κ2) is 9.01. The Morgan fingerprint density at radius 3 is 2.35 bits per heavy atom. The minimum atomic E-state index is 0.394. The topological polar surface area (TPSA) is 38.5 Å². The van der Waals surface area contributed by atoms with E-state index in [4.69, 9.17) is 10.5 Å². The molecule has 3 heteroatoms. The van der Waals surface area contributed by atoms with E-state index in [-0.39, 0.29) is 0 Å². The van der Waals surface area contributed by atoms with Crippen molar-refractivity contribution < 1.29 is 4.74 Å². The van der Waals surface area contributed by atoms with Crippen molar-refractivity contribution in [3.63, 3.8) is 0 Å². The molecule has 0 aromatic rings. The van der Waals surface area contributed by atoms with Gasteiger partial charge in [0.2, 0.25) is 0 Å². The van der Waals surface area contributed by atoms with Gasteiger partial charge in [0, 0.05) is 13.7 Å². The molecule has 0 aromatic carbocycles. The lowest BCUT2D eigenvalue weighted by Gasteiger charge is -2.34. The number of piperidine rings is 1. The number of methoxy groups -OCH3 is 1. The SMILES string of the molecule is COCC1CCN(CCCC(CCN)C(C)(C)C)CC1. The largest absolute Gasteiger partial charge is 0.384 e. The van der Waals surface area contributed by atoms with Gasteiger partial charge in [-0.15, -0.1) is 0 Å². The van der Waals surface area contributed by atoms with Gasteiger partial charge in [-0.25, -0.2) is 0 Å². The first-order valence-electron chi connectivity index (χ1n) is 8.38. The number of hydrogen-bond donors (Lipinski definition) is 1. The normalized spacial score (nSPS) is 20.2. The molecule has 1 atom stereocenters. The second-order valence-electron chi connectivity index (χ2n) is 7.52. The van der Waals surface area contributed by atoms with Gasteiger partial charge in [0.1, 0.15) is 0 Å². The molecule has 0 spiro atoms. The van der Waals surface area contributed by atoms with E-state index in [2.05, 4.69) is 25.7 Å². The minimum Gasteiger partial charge on any atom is -0.384 e. The number of nitrogens with two attached hydrogens (primary N) is 1. The van der Waals surface area contributed by atoms with Crippen LogP contribution in [-0.2, 0) is 4.74 Å². The molecule has 1 fully saturated rings. The van der Waals surface area contributed by atoms with E-state index in [0.717, 1.165) is 25.0 Å². The molecule has 1 unspecified atom stereocenters. The number of rotatable bonds is 8. The van der Waals surface area contributed by atoms with E-state index in [1.807, 2.05) is 7.11 Å². The first-order valence-corrected chi connectivity index (χ1v) is 8.38. The van der Waals surface area contributed by atoms with Crippen LogP contribution in [0.1, 0.15) is 52.9 Å². The molecule has 1 heterocycles. The van der Waals surface area contributed by atoms with E-state index in [1.54, 1.807) is 0 Å². The molecule has 20 heavy (non-hydrogen) atoms. The van der Waals surface area contributed by atoms with Crippen molar-refractivity contribution in [1.82, 2.24) is 4.90 Å². The van der Waals surface area contributed by atoms with Crippen molar-refractivity contribution in [2.45, 2.75) is 52.9 Å². The highest BCUT2D eigenvalue weighted by Crippen LogP contribution is 2.32. The quantitative estimate of drug-likeness (QED) is 0.744. The van der Waals surface area contributed by atoms with Crippen LogP contribution in [-0.4, -0.2) is 44.8 Å². The summed E-state index contributed by atoms with van der Waals surface area (Å²) in [5.74, 6) is 1.55. The average molecular weight is 284 g/mol. The molecule has 3 nitrogen and oxygen atoms in total. The van der Waals surface area contributed by atoms with Gasteiger partial charge in [0.15, 0.2) is 0 Å². The summed E-state index contributed by atoms with van der Waals surface area (Å²) in [6.45, 7) is 12.6. The lowest BCUT2D eigenvalue weighted by atomic mass is 9.76. The van der Waals surface area contributed by atoms with Gasteiger partial charge in [-0.1, -0.05) is 20.8 Å². The van der Waals surface area contributed by atoms with Gasteiger partial charge in [-0.3, -0.25) is 0 Å². The van der Waals surface area contributed by atoms with E-state index in [1.165, 1.54) is 51.7 Å². The zero-order valence-corrected chi connectivity index (χ0v) is 14.2. The van der Waals surface area contributed by atoms with Gasteiger partial charge in [0.25, 0.3) is 0 Å². The molecular weight excluding hydrogens is 248 g/mol. The maximum absolute atomic E-state index is 5.76. The molecule has 0 bridgehead atoms. The second-order valence-corrected chi connectivity index (χ2v) is 7.52. The number of likely N-dealkylation sites (tertiary alicyclic amines) is 1. The van der Waals surface area contributed by atoms with E-state index < -0.39 is 0 Å². The number of hydrogen-bond acceptors (Lipinski definition) is 3. The molecule has 120 valence electrons. The van der Waals surface area contributed by atoms with Gasteiger partial charge < -0.3 is 15.4 Å². The van der Waals surface area contributed by atoms with Gasteiger partial charge in [-0.2, -0.15) is 0 Å². The molecule has 0 amide bonds. The summed E-state index contributed by atoms with van der Waals surface area (Å²) < 4.78 is 5.26. The van der Waals surface area contributed by atoms with Gasteiger partial charge in [-0.05, 0) is 75.5 Å². The third kappa shape index (κ3) is 6.55. The lowest BCUT2D eigenvalue weighted by molar-refractivity contribution is 0.0966. The standard InChI is InChI=1S/C17H36N2O/c1-17(2,3)16(7-10-18)6-5-11-19-12-8-15(9-13-19)14-20-4/h15-16H,5-14,18H2,1-4H3. The molecule has 0 aromatic heterocycles. The summed E-state index contributed by atoms with van der Waals surface area (Å²) in [5, 5.41) is 0. The van der Waals surface area contributed by atoms with Crippen LogP contribution < -0.4 is 5.73 Å². The Morgan fingerprint density at radius 1 is 1.20 bits per heavy atom. The molecule has 1 aliphatic rings. The predicted molar refractivity (Wildman–Crippen MR) is 86.9 cm³/mol. The van der Waals surface area contributed by atoms with Crippen molar-refractivity contribution >= 4 is 0 Å². The fourth-order valence-corrected chi connectivity index (χ4v) is 3.39. The van der Waals surface area contributed by atoms with Crippen LogP contribution in [0.15, 0.2) is 0 Å². The Labute approximate surface area is 126 Å². The summed E-state index contributed by atoms with van der Waals surface area (Å²) in [6.07, 6.45) is 6.41. The van der Waals surface area contributed by atoms with Crippen LogP contribution >= 0.6 is 0 Å². The maximum atomic E-state index is 5.76. The van der Waals surface area contributed by atoms with E-state index in [0.29, 0.717) is 5.41 Å². The Kier molecular flexibility index (Phi) is 8.08. The Bertz CT molecular complexity index is 242. The van der Waals surface area contributed by atoms with Crippen molar-refractivity contribution in [3.8, 4) is 0 Å². The van der Waals surface area contributed by atoms with Crippen molar-refractivity contribution in [2.75, 3.05) is 39.9 Å². The monoisotopic (exact) mass is 284 g/mol. The number of nitrogens with zero attached hydrogens (tertiary/aromatic N) is 1. The van der Waals surface area contributed by atoms with Crippen LogP contribution in [0.5, 0.6) is 0 Å². The Balaban J connectivity index is 2.20. The van der Waals surface area contributed by atoms with Crippen LogP contribution in [0.25, 0.3) is 0 Å². The number of ether oxygens (including phenoxy) is 1. The third-order valence-electron chi connectivity index (χ3n) is 4.88. The van der Waals surface area contributed by atoms with Gasteiger partial charge >= 0.3 is 0 Å². The molecule has 1 rings (SSSR count). The van der Waals surface area contributed by atoms with Crippen LogP contribution in [0.3, 0.4) is 0 Å². The zero-order valence-electron chi connectivity index (χ0n) is 14.2. The molecule has 0 radical (unpaired) electrons. The summed E-state index contributed by atoms with van der Waals surface area (Å²) in [5.41, 5.74) is 6.16. The molecule has 2 N–H and O–H groups in total.